The lowest BCUT2D eigenvalue weighted by Crippen LogP contribution is -2.44. The second-order valence-corrected chi connectivity index (χ2v) is 8.12. The Balaban J connectivity index is 1.47. The van der Waals surface area contributed by atoms with Gasteiger partial charge in [0, 0.05) is 25.0 Å². The number of benzene rings is 2. The highest BCUT2D eigenvalue weighted by atomic mass is 35.5. The fourth-order valence-electron chi connectivity index (χ4n) is 3.12. The zero-order valence-corrected chi connectivity index (χ0v) is 18.2. The molecule has 0 saturated heterocycles. The first kappa shape index (κ1) is 22.1. The van der Waals surface area contributed by atoms with E-state index in [1.54, 1.807) is 25.1 Å². The van der Waals surface area contributed by atoms with Crippen molar-refractivity contribution in [3.8, 4) is 23.0 Å². The maximum absolute atomic E-state index is 11.4. The molecule has 3 rings (SSSR count). The van der Waals surface area contributed by atoms with Gasteiger partial charge in [-0.25, -0.2) is 4.79 Å². The van der Waals surface area contributed by atoms with Gasteiger partial charge in [0.25, 0.3) is 0 Å². The van der Waals surface area contributed by atoms with Gasteiger partial charge in [-0.1, -0.05) is 17.7 Å². The fraction of sp³-hybridized carbons (Fsp3) is 0.435. The predicted octanol–water partition coefficient (Wildman–Crippen LogP) is 5.14. The van der Waals surface area contributed by atoms with E-state index in [0.717, 1.165) is 5.56 Å². The summed E-state index contributed by atoms with van der Waals surface area (Å²) in [5.41, 5.74) is -0.210. The topological polar surface area (TPSA) is 74.2 Å². The summed E-state index contributed by atoms with van der Waals surface area (Å²) in [5, 5.41) is 9.88. The first-order chi connectivity index (χ1) is 14.3. The van der Waals surface area contributed by atoms with Crippen LogP contribution in [0.25, 0.3) is 0 Å². The molecule has 0 saturated carbocycles. The zero-order valence-electron chi connectivity index (χ0n) is 17.4. The standard InChI is InChI=1S/C23H27ClO6/c1-15(2)29-18-7-8-20(19(24)13-18)28-12-4-11-27-17-6-5-16-9-10-23(3,22(25)26)30-21(16)14-17/h5-8,13-15H,4,9-12H2,1-3H3,(H,25,26)/t23-/m1/s1. The van der Waals surface area contributed by atoms with Crippen LogP contribution < -0.4 is 18.9 Å². The summed E-state index contributed by atoms with van der Waals surface area (Å²) >= 11 is 6.24. The summed E-state index contributed by atoms with van der Waals surface area (Å²) in [6, 6.07) is 10.9. The lowest BCUT2D eigenvalue weighted by Gasteiger charge is -2.32. The number of hydrogen-bond donors (Lipinski definition) is 1. The summed E-state index contributed by atoms with van der Waals surface area (Å²) in [5.74, 6) is 1.55. The van der Waals surface area contributed by atoms with E-state index < -0.39 is 11.6 Å². The number of aryl methyl sites for hydroxylation is 1. The monoisotopic (exact) mass is 434 g/mol. The van der Waals surface area contributed by atoms with Crippen molar-refractivity contribution in [2.45, 2.75) is 51.7 Å². The highest BCUT2D eigenvalue weighted by Crippen LogP contribution is 2.36. The van der Waals surface area contributed by atoms with Gasteiger partial charge < -0.3 is 24.1 Å². The number of ether oxygens (including phenoxy) is 4. The molecule has 0 fully saturated rings. The minimum atomic E-state index is -1.20. The summed E-state index contributed by atoms with van der Waals surface area (Å²) < 4.78 is 22.8. The van der Waals surface area contributed by atoms with Crippen LogP contribution in [-0.4, -0.2) is 36.0 Å². The molecule has 162 valence electrons. The highest BCUT2D eigenvalue weighted by molar-refractivity contribution is 6.32. The molecule has 0 amide bonds. The molecule has 1 heterocycles. The van der Waals surface area contributed by atoms with Gasteiger partial charge in [-0.05, 0) is 51.0 Å². The van der Waals surface area contributed by atoms with E-state index in [0.29, 0.717) is 60.5 Å². The minimum absolute atomic E-state index is 0.0804. The Kier molecular flexibility index (Phi) is 6.98. The second-order valence-electron chi connectivity index (χ2n) is 7.72. The summed E-state index contributed by atoms with van der Waals surface area (Å²) in [6.07, 6.45) is 1.84. The molecule has 2 aromatic carbocycles. The van der Waals surface area contributed by atoms with Gasteiger partial charge in [-0.15, -0.1) is 0 Å². The molecular formula is C23H27ClO6. The predicted molar refractivity (Wildman–Crippen MR) is 114 cm³/mol. The van der Waals surface area contributed by atoms with Gasteiger partial charge in [-0.2, -0.15) is 0 Å². The Hall–Kier alpha value is -2.60. The number of fused-ring (bicyclic) bond motifs is 1. The molecule has 0 bridgehead atoms. The number of rotatable bonds is 9. The maximum atomic E-state index is 11.4. The van der Waals surface area contributed by atoms with Gasteiger partial charge in [-0.3, -0.25) is 0 Å². The Morgan fingerprint density at radius 2 is 1.90 bits per heavy atom. The van der Waals surface area contributed by atoms with E-state index in [1.165, 1.54) is 0 Å². The van der Waals surface area contributed by atoms with Crippen LogP contribution in [0.2, 0.25) is 5.02 Å². The second kappa shape index (κ2) is 9.47. The van der Waals surface area contributed by atoms with Crippen molar-refractivity contribution in [2.24, 2.45) is 0 Å². The van der Waals surface area contributed by atoms with Crippen LogP contribution in [-0.2, 0) is 11.2 Å². The molecule has 1 N–H and O–H groups in total. The number of carbonyl (C=O) groups is 1. The molecule has 30 heavy (non-hydrogen) atoms. The summed E-state index contributed by atoms with van der Waals surface area (Å²) in [7, 11) is 0. The third-order valence-corrected chi connectivity index (χ3v) is 5.08. The van der Waals surface area contributed by atoms with Crippen molar-refractivity contribution in [3.05, 3.63) is 47.0 Å². The minimum Gasteiger partial charge on any atom is -0.493 e. The third kappa shape index (κ3) is 5.51. The summed E-state index contributed by atoms with van der Waals surface area (Å²) in [4.78, 5) is 11.4. The van der Waals surface area contributed by atoms with Crippen LogP contribution in [0.3, 0.4) is 0 Å². The van der Waals surface area contributed by atoms with E-state index in [9.17, 15) is 9.90 Å². The molecule has 6 nitrogen and oxygen atoms in total. The molecule has 0 spiro atoms. The Bertz CT molecular complexity index is 897. The van der Waals surface area contributed by atoms with Crippen LogP contribution in [0, 0.1) is 0 Å². The van der Waals surface area contributed by atoms with Crippen LogP contribution >= 0.6 is 11.6 Å². The average molecular weight is 435 g/mol. The first-order valence-corrected chi connectivity index (χ1v) is 10.4. The van der Waals surface area contributed by atoms with E-state index in [2.05, 4.69) is 0 Å². The first-order valence-electron chi connectivity index (χ1n) is 10.0. The number of hydrogen-bond acceptors (Lipinski definition) is 5. The SMILES string of the molecule is CC(C)Oc1ccc(OCCCOc2ccc3c(c2)O[C@@](C)(C(=O)O)CC3)c(Cl)c1. The van der Waals surface area contributed by atoms with Gasteiger partial charge >= 0.3 is 5.97 Å². The van der Waals surface area contributed by atoms with Crippen molar-refractivity contribution in [1.82, 2.24) is 0 Å². The third-order valence-electron chi connectivity index (χ3n) is 4.79. The van der Waals surface area contributed by atoms with Crippen molar-refractivity contribution in [3.63, 3.8) is 0 Å². The van der Waals surface area contributed by atoms with Gasteiger partial charge in [0.15, 0.2) is 0 Å². The van der Waals surface area contributed by atoms with Crippen LogP contribution in [0.5, 0.6) is 23.0 Å². The van der Waals surface area contributed by atoms with Crippen LogP contribution in [0.4, 0.5) is 0 Å². The zero-order chi connectivity index (χ0) is 21.7. The molecule has 1 aliphatic rings. The quantitative estimate of drug-likeness (QED) is 0.550. The van der Waals surface area contributed by atoms with E-state index in [1.807, 2.05) is 32.0 Å². The van der Waals surface area contributed by atoms with Crippen LogP contribution in [0.1, 0.15) is 39.2 Å². The van der Waals surface area contributed by atoms with Gasteiger partial charge in [0.2, 0.25) is 5.60 Å². The molecule has 0 radical (unpaired) electrons. The van der Waals surface area contributed by atoms with E-state index in [4.69, 9.17) is 30.5 Å². The normalized spacial score (nSPS) is 17.8. The van der Waals surface area contributed by atoms with Crippen LogP contribution in [0.15, 0.2) is 36.4 Å². The van der Waals surface area contributed by atoms with Gasteiger partial charge in [0.05, 0.1) is 24.3 Å². The number of halogens is 1. The Morgan fingerprint density at radius 1 is 1.17 bits per heavy atom. The van der Waals surface area contributed by atoms with Gasteiger partial charge in [0.1, 0.15) is 23.0 Å². The maximum Gasteiger partial charge on any atom is 0.347 e. The molecular weight excluding hydrogens is 408 g/mol. The summed E-state index contributed by atoms with van der Waals surface area (Å²) in [6.45, 7) is 6.40. The average Bonchev–Trinajstić information content (AvgIpc) is 2.68. The molecule has 0 aliphatic carbocycles. The molecule has 1 atom stereocenters. The molecule has 7 heteroatoms. The Labute approximate surface area is 181 Å². The smallest absolute Gasteiger partial charge is 0.347 e. The molecule has 0 unspecified atom stereocenters. The molecule has 0 aromatic heterocycles. The number of carboxylic acid groups (broad SMARTS) is 1. The van der Waals surface area contributed by atoms with Crippen molar-refractivity contribution < 1.29 is 28.8 Å². The molecule has 2 aromatic rings. The Morgan fingerprint density at radius 3 is 2.60 bits per heavy atom. The largest absolute Gasteiger partial charge is 0.493 e. The fourth-order valence-corrected chi connectivity index (χ4v) is 3.34. The van der Waals surface area contributed by atoms with Crippen molar-refractivity contribution >= 4 is 17.6 Å². The van der Waals surface area contributed by atoms with Crippen molar-refractivity contribution in [1.29, 1.82) is 0 Å². The van der Waals surface area contributed by atoms with E-state index >= 15 is 0 Å². The number of carboxylic acids is 1. The highest BCUT2D eigenvalue weighted by Gasteiger charge is 2.39. The van der Waals surface area contributed by atoms with E-state index in [-0.39, 0.29) is 6.10 Å². The lowest BCUT2D eigenvalue weighted by molar-refractivity contribution is -0.155. The lowest BCUT2D eigenvalue weighted by atomic mass is 9.93. The number of aliphatic carboxylic acids is 1. The van der Waals surface area contributed by atoms with Crippen molar-refractivity contribution in [2.75, 3.05) is 13.2 Å². The molecule has 1 aliphatic heterocycles.